The van der Waals surface area contributed by atoms with Gasteiger partial charge in [0.2, 0.25) is 11.8 Å². The minimum absolute atomic E-state index is 0.172. The molecule has 3 N–H and O–H groups in total. The lowest BCUT2D eigenvalue weighted by Gasteiger charge is -2.20. The molecule has 0 saturated heterocycles. The van der Waals surface area contributed by atoms with E-state index in [2.05, 4.69) is 16.0 Å². The van der Waals surface area contributed by atoms with Crippen molar-refractivity contribution in [2.24, 2.45) is 0 Å². The van der Waals surface area contributed by atoms with E-state index in [1.807, 2.05) is 0 Å². The fourth-order valence-corrected chi connectivity index (χ4v) is 3.43. The van der Waals surface area contributed by atoms with Crippen LogP contribution in [0.5, 0.6) is 0 Å². The van der Waals surface area contributed by atoms with Crippen molar-refractivity contribution in [3.63, 3.8) is 0 Å². The fraction of sp³-hybridized carbons (Fsp3) is 0.160. The Hall–Kier alpha value is -4.07. The molecule has 0 saturated carbocycles. The number of nitrogens with one attached hydrogen (secondary N) is 3. The van der Waals surface area contributed by atoms with Gasteiger partial charge in [0, 0.05) is 30.8 Å². The van der Waals surface area contributed by atoms with Gasteiger partial charge < -0.3 is 16.0 Å². The third-order valence-electron chi connectivity index (χ3n) is 4.72. The van der Waals surface area contributed by atoms with Crippen molar-refractivity contribution in [1.82, 2.24) is 5.32 Å². The van der Waals surface area contributed by atoms with E-state index in [0.29, 0.717) is 22.5 Å². The average molecular weight is 451 g/mol. The number of anilines is 2. The summed E-state index contributed by atoms with van der Waals surface area (Å²) in [5, 5.41) is 8.03. The summed E-state index contributed by atoms with van der Waals surface area (Å²) < 4.78 is 27.6. The molecule has 0 aliphatic heterocycles. The maximum Gasteiger partial charge on any atom is 0.251 e. The van der Waals surface area contributed by atoms with Crippen LogP contribution in [-0.2, 0) is 16.0 Å². The fourth-order valence-electron chi connectivity index (χ4n) is 3.43. The van der Waals surface area contributed by atoms with Gasteiger partial charge in [0.05, 0.1) is 6.04 Å². The second kappa shape index (κ2) is 10.5. The number of benzene rings is 3. The van der Waals surface area contributed by atoms with E-state index in [1.165, 1.54) is 62.4 Å². The van der Waals surface area contributed by atoms with Crippen LogP contribution in [0.25, 0.3) is 0 Å². The zero-order valence-corrected chi connectivity index (χ0v) is 18.1. The summed E-state index contributed by atoms with van der Waals surface area (Å²) in [6, 6.07) is 15.5. The molecule has 8 heteroatoms. The molecule has 6 nitrogen and oxygen atoms in total. The highest BCUT2D eigenvalue weighted by molar-refractivity contribution is 6.00. The molecule has 3 amide bonds. The van der Waals surface area contributed by atoms with E-state index >= 15 is 0 Å². The number of carbonyl (C=O) groups excluding carboxylic acids is 3. The highest BCUT2D eigenvalue weighted by Crippen LogP contribution is 2.23. The van der Waals surface area contributed by atoms with E-state index < -0.39 is 23.6 Å². The highest BCUT2D eigenvalue weighted by atomic mass is 19.1. The van der Waals surface area contributed by atoms with Crippen molar-refractivity contribution in [3.8, 4) is 0 Å². The zero-order valence-electron chi connectivity index (χ0n) is 18.1. The topological polar surface area (TPSA) is 87.3 Å². The zero-order chi connectivity index (χ0) is 24.0. The van der Waals surface area contributed by atoms with Gasteiger partial charge in [-0.1, -0.05) is 24.3 Å². The van der Waals surface area contributed by atoms with Crippen molar-refractivity contribution >= 4 is 29.1 Å². The summed E-state index contributed by atoms with van der Waals surface area (Å²) in [6.45, 7) is 2.65. The molecule has 1 atom stereocenters. The average Bonchev–Trinajstić information content (AvgIpc) is 2.72. The van der Waals surface area contributed by atoms with Crippen LogP contribution < -0.4 is 16.0 Å². The van der Waals surface area contributed by atoms with Crippen LogP contribution >= 0.6 is 0 Å². The second-order valence-electron chi connectivity index (χ2n) is 7.58. The molecule has 3 rings (SSSR count). The quantitative estimate of drug-likeness (QED) is 0.491. The van der Waals surface area contributed by atoms with E-state index in [4.69, 9.17) is 0 Å². The molecule has 0 heterocycles. The van der Waals surface area contributed by atoms with Gasteiger partial charge in [0.15, 0.2) is 0 Å². The maximum atomic E-state index is 13.9. The summed E-state index contributed by atoms with van der Waals surface area (Å²) in [5.74, 6) is -2.08. The van der Waals surface area contributed by atoms with Crippen molar-refractivity contribution in [2.75, 3.05) is 10.6 Å². The standard InChI is InChI=1S/C25H23F2N3O3/c1-15(31)28-22-12-19(13-23(14-22)29-16(2)32)25(33)30-24(18-6-4-8-21(27)11-18)10-17-5-3-7-20(26)9-17/h3-9,11-14,24H,10H2,1-2H3,(H,28,31)(H,29,32)(H,30,33). The summed E-state index contributed by atoms with van der Waals surface area (Å²) in [4.78, 5) is 36.1. The molecule has 3 aromatic carbocycles. The molecule has 33 heavy (non-hydrogen) atoms. The summed E-state index contributed by atoms with van der Waals surface area (Å²) in [6.07, 6.45) is 0.219. The molecule has 1 unspecified atom stereocenters. The molecule has 3 aromatic rings. The van der Waals surface area contributed by atoms with Gasteiger partial charge in [-0.25, -0.2) is 8.78 Å². The Morgan fingerprint density at radius 2 is 1.36 bits per heavy atom. The monoisotopic (exact) mass is 451 g/mol. The van der Waals surface area contributed by atoms with Crippen LogP contribution in [-0.4, -0.2) is 17.7 Å². The first-order valence-electron chi connectivity index (χ1n) is 10.2. The van der Waals surface area contributed by atoms with Gasteiger partial charge in [0.25, 0.3) is 5.91 Å². The lowest BCUT2D eigenvalue weighted by molar-refractivity contribution is -0.115. The summed E-state index contributed by atoms with van der Waals surface area (Å²) in [7, 11) is 0. The first kappa shape index (κ1) is 23.6. The second-order valence-corrected chi connectivity index (χ2v) is 7.58. The van der Waals surface area contributed by atoms with E-state index in [-0.39, 0.29) is 23.8 Å². The molecule has 0 spiro atoms. The van der Waals surface area contributed by atoms with Gasteiger partial charge in [-0.3, -0.25) is 14.4 Å². The van der Waals surface area contributed by atoms with Crippen LogP contribution in [0.1, 0.15) is 41.4 Å². The number of amides is 3. The van der Waals surface area contributed by atoms with Crippen molar-refractivity contribution < 1.29 is 23.2 Å². The molecule has 0 aliphatic rings. The lowest BCUT2D eigenvalue weighted by Crippen LogP contribution is -2.30. The minimum atomic E-state index is -0.663. The first-order chi connectivity index (χ1) is 15.7. The normalized spacial score (nSPS) is 11.4. The highest BCUT2D eigenvalue weighted by Gasteiger charge is 2.19. The SMILES string of the molecule is CC(=O)Nc1cc(NC(C)=O)cc(C(=O)NC(Cc2cccc(F)c2)c2cccc(F)c2)c1. The number of hydrogen-bond donors (Lipinski definition) is 3. The van der Waals surface area contributed by atoms with E-state index in [0.717, 1.165) is 0 Å². The predicted octanol–water partition coefficient (Wildman–Crippen LogP) is 4.60. The van der Waals surface area contributed by atoms with E-state index in [9.17, 15) is 23.2 Å². The Kier molecular flexibility index (Phi) is 7.50. The van der Waals surface area contributed by atoms with Crippen molar-refractivity contribution in [1.29, 1.82) is 0 Å². The van der Waals surface area contributed by atoms with Gasteiger partial charge in [-0.2, -0.15) is 0 Å². The summed E-state index contributed by atoms with van der Waals surface area (Å²) in [5.41, 5.74) is 1.95. The molecule has 0 bridgehead atoms. The third-order valence-corrected chi connectivity index (χ3v) is 4.72. The minimum Gasteiger partial charge on any atom is -0.345 e. The Morgan fingerprint density at radius 3 is 1.91 bits per heavy atom. The number of rotatable bonds is 7. The van der Waals surface area contributed by atoms with Gasteiger partial charge in [-0.05, 0) is 60.0 Å². The third kappa shape index (κ3) is 6.96. The van der Waals surface area contributed by atoms with Crippen LogP contribution in [0.2, 0.25) is 0 Å². The Labute approximate surface area is 190 Å². The maximum absolute atomic E-state index is 13.9. The molecule has 0 radical (unpaired) electrons. The van der Waals surface area contributed by atoms with Gasteiger partial charge in [0.1, 0.15) is 11.6 Å². The predicted molar refractivity (Wildman–Crippen MR) is 122 cm³/mol. The molecule has 0 fully saturated rings. The van der Waals surface area contributed by atoms with E-state index in [1.54, 1.807) is 18.2 Å². The first-order valence-corrected chi connectivity index (χ1v) is 10.2. The van der Waals surface area contributed by atoms with Crippen LogP contribution in [0.15, 0.2) is 66.7 Å². The molecular formula is C25H23F2N3O3. The largest absolute Gasteiger partial charge is 0.345 e. The molecule has 0 aliphatic carbocycles. The summed E-state index contributed by atoms with van der Waals surface area (Å²) >= 11 is 0. The van der Waals surface area contributed by atoms with Crippen LogP contribution in [0.4, 0.5) is 20.2 Å². The van der Waals surface area contributed by atoms with Crippen molar-refractivity contribution in [2.45, 2.75) is 26.3 Å². The smallest absolute Gasteiger partial charge is 0.251 e. The van der Waals surface area contributed by atoms with Crippen LogP contribution in [0.3, 0.4) is 0 Å². The number of carbonyl (C=O) groups is 3. The van der Waals surface area contributed by atoms with Gasteiger partial charge in [-0.15, -0.1) is 0 Å². The molecule has 170 valence electrons. The number of hydrogen-bond acceptors (Lipinski definition) is 3. The Balaban J connectivity index is 1.93. The Morgan fingerprint density at radius 1 is 0.788 bits per heavy atom. The number of halogens is 2. The lowest BCUT2D eigenvalue weighted by atomic mass is 9.98. The molecular weight excluding hydrogens is 428 g/mol. The van der Waals surface area contributed by atoms with Gasteiger partial charge >= 0.3 is 0 Å². The van der Waals surface area contributed by atoms with Crippen LogP contribution in [0, 0.1) is 11.6 Å². The Bertz CT molecular complexity index is 1160. The molecule has 0 aromatic heterocycles. The van der Waals surface area contributed by atoms with Crippen molar-refractivity contribution in [3.05, 3.63) is 95.1 Å².